The number of nitrogens with zero attached hydrogens (tertiary/aromatic N) is 2. The van der Waals surface area contributed by atoms with Crippen LogP contribution in [-0.2, 0) is 4.79 Å². The van der Waals surface area contributed by atoms with E-state index in [1.54, 1.807) is 6.92 Å². The van der Waals surface area contributed by atoms with Gasteiger partial charge < -0.3 is 10.1 Å². The number of hydrogen-bond acceptors (Lipinski definition) is 4. The van der Waals surface area contributed by atoms with Crippen LogP contribution in [0.2, 0.25) is 0 Å². The number of nitrogens with one attached hydrogen (secondary N) is 1. The molecule has 0 radical (unpaired) electrons. The van der Waals surface area contributed by atoms with Gasteiger partial charge in [-0.25, -0.2) is 4.39 Å². The van der Waals surface area contributed by atoms with Crippen molar-refractivity contribution in [3.05, 3.63) is 82.4 Å². The molecule has 6 nitrogen and oxygen atoms in total. The molecule has 29 heavy (non-hydrogen) atoms. The Hall–Kier alpha value is -3.48. The molecular weight excluding hydrogens is 373 g/mol. The Balaban J connectivity index is 1.70. The van der Waals surface area contributed by atoms with Crippen molar-refractivity contribution in [3.63, 3.8) is 0 Å². The van der Waals surface area contributed by atoms with Gasteiger partial charge in [0.05, 0.1) is 5.69 Å². The lowest BCUT2D eigenvalue weighted by Crippen LogP contribution is -2.31. The molecule has 3 aromatic rings. The summed E-state index contributed by atoms with van der Waals surface area (Å²) in [7, 11) is 0. The SMILES string of the molecule is CC(C)c1ccc(NC(=O)[C@H](C)Oc2ccc(=O)n(-c3ccc(F)cc3)n2)cc1. The number of aromatic nitrogens is 2. The van der Waals surface area contributed by atoms with Gasteiger partial charge in [0.2, 0.25) is 5.88 Å². The number of halogens is 1. The minimum Gasteiger partial charge on any atom is -0.463 e. The number of amides is 1. The van der Waals surface area contributed by atoms with Crippen molar-refractivity contribution in [2.24, 2.45) is 0 Å². The van der Waals surface area contributed by atoms with E-state index in [2.05, 4.69) is 24.3 Å². The van der Waals surface area contributed by atoms with Crippen molar-refractivity contribution >= 4 is 11.6 Å². The van der Waals surface area contributed by atoms with Gasteiger partial charge in [0.15, 0.2) is 6.10 Å². The van der Waals surface area contributed by atoms with Crippen LogP contribution >= 0.6 is 0 Å². The zero-order valence-corrected chi connectivity index (χ0v) is 16.4. The molecule has 0 fully saturated rings. The fourth-order valence-corrected chi connectivity index (χ4v) is 2.65. The van der Waals surface area contributed by atoms with E-state index < -0.39 is 17.5 Å². The van der Waals surface area contributed by atoms with Gasteiger partial charge in [-0.3, -0.25) is 9.59 Å². The molecule has 0 saturated carbocycles. The first-order valence-electron chi connectivity index (χ1n) is 9.27. The number of benzene rings is 2. The average Bonchev–Trinajstić information content (AvgIpc) is 2.70. The second-order valence-corrected chi connectivity index (χ2v) is 6.92. The molecule has 1 N–H and O–H groups in total. The first kappa shape index (κ1) is 20.3. The van der Waals surface area contributed by atoms with E-state index in [1.807, 2.05) is 24.3 Å². The van der Waals surface area contributed by atoms with Crippen LogP contribution in [0.1, 0.15) is 32.3 Å². The van der Waals surface area contributed by atoms with E-state index in [1.165, 1.54) is 42.0 Å². The molecule has 150 valence electrons. The molecule has 1 atom stereocenters. The third kappa shape index (κ3) is 5.07. The fourth-order valence-electron chi connectivity index (χ4n) is 2.65. The fraction of sp³-hybridized carbons (Fsp3) is 0.227. The second-order valence-electron chi connectivity index (χ2n) is 6.92. The lowest BCUT2D eigenvalue weighted by Gasteiger charge is -2.15. The van der Waals surface area contributed by atoms with Crippen molar-refractivity contribution in [2.45, 2.75) is 32.8 Å². The van der Waals surface area contributed by atoms with Crippen LogP contribution in [0.3, 0.4) is 0 Å². The average molecular weight is 395 g/mol. The summed E-state index contributed by atoms with van der Waals surface area (Å²) in [6.45, 7) is 5.79. The van der Waals surface area contributed by atoms with E-state index in [0.717, 1.165) is 4.68 Å². The largest absolute Gasteiger partial charge is 0.463 e. The first-order chi connectivity index (χ1) is 13.8. The number of rotatable bonds is 6. The van der Waals surface area contributed by atoms with Crippen LogP contribution in [0.5, 0.6) is 5.88 Å². The summed E-state index contributed by atoms with van der Waals surface area (Å²) in [4.78, 5) is 24.5. The minimum atomic E-state index is -0.841. The van der Waals surface area contributed by atoms with Gasteiger partial charge in [-0.15, -0.1) is 5.10 Å². The van der Waals surface area contributed by atoms with Gasteiger partial charge >= 0.3 is 0 Å². The number of ether oxygens (including phenoxy) is 1. The minimum absolute atomic E-state index is 0.103. The van der Waals surface area contributed by atoms with E-state index in [-0.39, 0.29) is 11.8 Å². The normalized spacial score (nSPS) is 11.9. The quantitative estimate of drug-likeness (QED) is 0.687. The van der Waals surface area contributed by atoms with Crippen LogP contribution in [0, 0.1) is 5.82 Å². The molecule has 2 aromatic carbocycles. The van der Waals surface area contributed by atoms with Crippen molar-refractivity contribution in [2.75, 3.05) is 5.32 Å². The highest BCUT2D eigenvalue weighted by atomic mass is 19.1. The zero-order chi connectivity index (χ0) is 21.0. The van der Waals surface area contributed by atoms with Crippen LogP contribution < -0.4 is 15.6 Å². The number of carbonyl (C=O) groups is 1. The molecule has 0 aliphatic heterocycles. The Morgan fingerprint density at radius 1 is 1.00 bits per heavy atom. The molecule has 0 bridgehead atoms. The molecule has 0 aliphatic carbocycles. The number of carbonyl (C=O) groups excluding carboxylic acids is 1. The second kappa shape index (κ2) is 8.68. The monoisotopic (exact) mass is 395 g/mol. The summed E-state index contributed by atoms with van der Waals surface area (Å²) >= 11 is 0. The Morgan fingerprint density at radius 2 is 1.66 bits per heavy atom. The maximum Gasteiger partial charge on any atom is 0.271 e. The zero-order valence-electron chi connectivity index (χ0n) is 16.4. The summed E-state index contributed by atoms with van der Waals surface area (Å²) < 4.78 is 19.8. The topological polar surface area (TPSA) is 73.2 Å². The molecule has 0 saturated heterocycles. The predicted octanol–water partition coefficient (Wildman–Crippen LogP) is 3.90. The highest BCUT2D eigenvalue weighted by Crippen LogP contribution is 2.17. The van der Waals surface area contributed by atoms with Gasteiger partial charge in [-0.1, -0.05) is 26.0 Å². The summed E-state index contributed by atoms with van der Waals surface area (Å²) in [5.41, 5.74) is 1.84. The van der Waals surface area contributed by atoms with E-state index in [4.69, 9.17) is 4.74 Å². The summed E-state index contributed by atoms with van der Waals surface area (Å²) in [5.74, 6) is -0.249. The Bertz CT molecular complexity index is 1040. The summed E-state index contributed by atoms with van der Waals surface area (Å²) in [5, 5.41) is 6.90. The summed E-state index contributed by atoms with van der Waals surface area (Å²) in [6.07, 6.45) is -0.841. The maximum absolute atomic E-state index is 13.1. The predicted molar refractivity (Wildman–Crippen MR) is 109 cm³/mol. The van der Waals surface area contributed by atoms with Crippen LogP contribution in [-0.4, -0.2) is 21.8 Å². The van der Waals surface area contributed by atoms with Gasteiger partial charge in [0.25, 0.3) is 11.5 Å². The molecule has 1 heterocycles. The Morgan fingerprint density at radius 3 is 2.28 bits per heavy atom. The standard InChI is InChI=1S/C22H22FN3O3/c1-14(2)16-4-8-18(9-5-16)24-22(28)15(3)29-20-12-13-21(27)26(25-20)19-10-6-17(23)7-11-19/h4-15H,1-3H3,(H,24,28)/t15-/m0/s1. The molecule has 0 aliphatic rings. The highest BCUT2D eigenvalue weighted by Gasteiger charge is 2.16. The lowest BCUT2D eigenvalue weighted by molar-refractivity contribution is -0.122. The molecule has 0 unspecified atom stereocenters. The lowest BCUT2D eigenvalue weighted by atomic mass is 10.0. The van der Waals surface area contributed by atoms with Gasteiger partial charge in [-0.2, -0.15) is 4.68 Å². The van der Waals surface area contributed by atoms with Crippen molar-refractivity contribution < 1.29 is 13.9 Å². The van der Waals surface area contributed by atoms with E-state index >= 15 is 0 Å². The third-order valence-electron chi connectivity index (χ3n) is 4.36. The third-order valence-corrected chi connectivity index (χ3v) is 4.36. The first-order valence-corrected chi connectivity index (χ1v) is 9.27. The van der Waals surface area contributed by atoms with Crippen LogP contribution in [0.25, 0.3) is 5.69 Å². The van der Waals surface area contributed by atoms with Crippen LogP contribution in [0.4, 0.5) is 10.1 Å². The smallest absolute Gasteiger partial charge is 0.271 e. The summed E-state index contributed by atoms with van der Waals surface area (Å²) in [6, 6.07) is 15.6. The van der Waals surface area contributed by atoms with Gasteiger partial charge in [-0.05, 0) is 54.8 Å². The van der Waals surface area contributed by atoms with Crippen molar-refractivity contribution in [1.29, 1.82) is 0 Å². The Kier molecular flexibility index (Phi) is 6.07. The molecule has 1 amide bonds. The molecule has 7 heteroatoms. The van der Waals surface area contributed by atoms with Gasteiger partial charge in [0.1, 0.15) is 5.82 Å². The highest BCUT2D eigenvalue weighted by molar-refractivity contribution is 5.94. The van der Waals surface area contributed by atoms with E-state index in [0.29, 0.717) is 17.3 Å². The van der Waals surface area contributed by atoms with Crippen molar-refractivity contribution in [1.82, 2.24) is 9.78 Å². The van der Waals surface area contributed by atoms with E-state index in [9.17, 15) is 14.0 Å². The Labute approximate surface area is 168 Å². The van der Waals surface area contributed by atoms with Gasteiger partial charge in [0, 0.05) is 17.8 Å². The molecule has 0 spiro atoms. The van der Waals surface area contributed by atoms with Crippen LogP contribution in [0.15, 0.2) is 65.5 Å². The number of anilines is 1. The molecular formula is C22H22FN3O3. The van der Waals surface area contributed by atoms with Crippen molar-refractivity contribution in [3.8, 4) is 11.6 Å². The molecule has 3 rings (SSSR count). The maximum atomic E-state index is 13.1. The number of hydrogen-bond donors (Lipinski definition) is 1. The molecule has 1 aromatic heterocycles.